The molecule has 0 spiro atoms. The highest BCUT2D eigenvalue weighted by Crippen LogP contribution is 2.37. The summed E-state index contributed by atoms with van der Waals surface area (Å²) in [6.45, 7) is 0.370. The minimum atomic E-state index is -4.68. The molecule has 2 N–H and O–H groups in total. The van der Waals surface area contributed by atoms with Crippen molar-refractivity contribution in [2.45, 2.75) is 18.9 Å². The van der Waals surface area contributed by atoms with E-state index >= 15 is 0 Å². The Hall–Kier alpha value is -4.47. The molecule has 0 atom stereocenters. The molecule has 10 nitrogen and oxygen atoms in total. The molecule has 1 amide bonds. The van der Waals surface area contributed by atoms with E-state index in [0.717, 1.165) is 18.3 Å². The monoisotopic (exact) mass is 581 g/mol. The summed E-state index contributed by atoms with van der Waals surface area (Å²) in [6, 6.07) is 5.73. The second-order valence-corrected chi connectivity index (χ2v) is 8.92. The number of carbonyl (C=O) groups is 1. The van der Waals surface area contributed by atoms with Crippen LogP contribution in [0.4, 0.5) is 32.3 Å². The third-order valence-corrected chi connectivity index (χ3v) is 6.43. The summed E-state index contributed by atoms with van der Waals surface area (Å²) >= 11 is 0. The fraction of sp³-hybridized carbons (Fsp3) is 0.320. The van der Waals surface area contributed by atoms with Crippen LogP contribution in [0.5, 0.6) is 5.75 Å². The van der Waals surface area contributed by atoms with E-state index in [9.17, 15) is 31.1 Å². The molecule has 0 bridgehead atoms. The highest BCUT2D eigenvalue weighted by Gasteiger charge is 2.35. The van der Waals surface area contributed by atoms with Crippen LogP contribution in [0, 0.1) is 0 Å². The van der Waals surface area contributed by atoms with Crippen LogP contribution in [-0.4, -0.2) is 64.0 Å². The molecule has 16 heteroatoms. The summed E-state index contributed by atoms with van der Waals surface area (Å²) in [6.07, 6.45) is -8.28. The number of methoxy groups -OCH3 is 1. The fourth-order valence-electron chi connectivity index (χ4n) is 4.39. The summed E-state index contributed by atoms with van der Waals surface area (Å²) < 4.78 is 89.9. The first-order valence-corrected chi connectivity index (χ1v) is 12.1. The van der Waals surface area contributed by atoms with Gasteiger partial charge < -0.3 is 24.7 Å². The summed E-state index contributed by atoms with van der Waals surface area (Å²) in [5, 5.41) is 0.246. The number of benzene rings is 1. The molecule has 1 fully saturated rings. The topological polar surface area (TPSA) is 124 Å². The van der Waals surface area contributed by atoms with Gasteiger partial charge in [0.05, 0.1) is 13.7 Å². The number of fused-ring (bicyclic) bond motifs is 1. The van der Waals surface area contributed by atoms with Crippen molar-refractivity contribution >= 4 is 22.8 Å². The van der Waals surface area contributed by atoms with Crippen molar-refractivity contribution in [1.82, 2.24) is 24.8 Å². The molecule has 5 rings (SSSR count). The van der Waals surface area contributed by atoms with E-state index in [4.69, 9.17) is 14.9 Å². The zero-order valence-corrected chi connectivity index (χ0v) is 21.3. The average molecular weight is 581 g/mol. The van der Waals surface area contributed by atoms with Gasteiger partial charge in [0, 0.05) is 43.3 Å². The third-order valence-electron chi connectivity index (χ3n) is 6.43. The molecule has 4 heterocycles. The first-order valence-electron chi connectivity index (χ1n) is 12.1. The Morgan fingerprint density at radius 1 is 0.951 bits per heavy atom. The predicted molar refractivity (Wildman–Crippen MR) is 132 cm³/mol. The van der Waals surface area contributed by atoms with Crippen molar-refractivity contribution in [3.63, 3.8) is 0 Å². The summed E-state index contributed by atoms with van der Waals surface area (Å²) in [5.41, 5.74) is 3.73. The van der Waals surface area contributed by atoms with Gasteiger partial charge in [-0.2, -0.15) is 26.3 Å². The molecule has 216 valence electrons. The van der Waals surface area contributed by atoms with Crippen molar-refractivity contribution in [2.75, 3.05) is 38.2 Å². The first-order chi connectivity index (χ1) is 19.4. The third kappa shape index (κ3) is 5.46. The van der Waals surface area contributed by atoms with Gasteiger partial charge >= 0.3 is 12.4 Å². The molecule has 0 saturated carbocycles. The lowest BCUT2D eigenvalue weighted by Crippen LogP contribution is -2.49. The van der Waals surface area contributed by atoms with E-state index in [-0.39, 0.29) is 78.2 Å². The van der Waals surface area contributed by atoms with Crippen molar-refractivity contribution in [1.29, 1.82) is 0 Å². The fourth-order valence-corrected chi connectivity index (χ4v) is 4.39. The number of rotatable bonds is 5. The number of anilines is 1. The minimum absolute atomic E-state index is 0.0532. The van der Waals surface area contributed by atoms with Crippen molar-refractivity contribution < 1.29 is 40.3 Å². The van der Waals surface area contributed by atoms with Crippen LogP contribution in [0.25, 0.3) is 22.4 Å². The maximum Gasteiger partial charge on any atom is 0.433 e. The van der Waals surface area contributed by atoms with Gasteiger partial charge in [0.25, 0.3) is 5.91 Å². The van der Waals surface area contributed by atoms with Gasteiger partial charge in [-0.05, 0) is 30.3 Å². The van der Waals surface area contributed by atoms with Crippen LogP contribution >= 0.6 is 0 Å². The van der Waals surface area contributed by atoms with E-state index in [2.05, 4.69) is 19.9 Å². The average Bonchev–Trinajstić information content (AvgIpc) is 3.39. The van der Waals surface area contributed by atoms with Crippen LogP contribution in [-0.2, 0) is 18.9 Å². The van der Waals surface area contributed by atoms with E-state index in [1.165, 1.54) is 35.1 Å². The molecule has 1 saturated heterocycles. The number of halogens is 6. The lowest BCUT2D eigenvalue weighted by atomic mass is 10.1. The molecule has 0 aliphatic carbocycles. The standard InChI is InChI=1S/C25H21F6N7O3/c1-40-15-4-2-14(13-3-5-17(24(26,27)28)34-19(13)15)21-36-20(16(12-32)41-21)22(39)37-8-10-38(11-9-37)23-33-7-6-18(35-23)25(29,30)31/h2-7H,8-12,32H2,1H3. The molecule has 4 aromatic rings. The first kappa shape index (κ1) is 28.1. The van der Waals surface area contributed by atoms with E-state index in [1.54, 1.807) is 0 Å². The number of hydrogen-bond donors (Lipinski definition) is 1. The van der Waals surface area contributed by atoms with Crippen LogP contribution < -0.4 is 15.4 Å². The normalized spacial score (nSPS) is 14.5. The van der Waals surface area contributed by atoms with Crippen LogP contribution in [0.2, 0.25) is 0 Å². The molecule has 1 aliphatic heterocycles. The van der Waals surface area contributed by atoms with Gasteiger partial charge in [-0.15, -0.1) is 0 Å². The largest absolute Gasteiger partial charge is 0.494 e. The van der Waals surface area contributed by atoms with E-state index in [1.807, 2.05) is 0 Å². The Kier molecular flexibility index (Phi) is 7.19. The number of carbonyl (C=O) groups excluding carboxylic acids is 1. The number of hydrogen-bond acceptors (Lipinski definition) is 9. The Bertz CT molecular complexity index is 1600. The van der Waals surface area contributed by atoms with Gasteiger partial charge in [-0.3, -0.25) is 4.79 Å². The Balaban J connectivity index is 1.40. The van der Waals surface area contributed by atoms with E-state index < -0.39 is 29.6 Å². The summed E-state index contributed by atoms with van der Waals surface area (Å²) in [7, 11) is 1.30. The highest BCUT2D eigenvalue weighted by molar-refractivity contribution is 5.98. The molecular weight excluding hydrogens is 560 g/mol. The maximum absolute atomic E-state index is 13.4. The Morgan fingerprint density at radius 2 is 1.63 bits per heavy atom. The number of alkyl halides is 6. The number of nitrogens with zero attached hydrogens (tertiary/aromatic N) is 6. The summed E-state index contributed by atoms with van der Waals surface area (Å²) in [4.78, 5) is 31.9. The number of ether oxygens (including phenoxy) is 1. The van der Waals surface area contributed by atoms with Crippen LogP contribution in [0.15, 0.2) is 40.9 Å². The molecular formula is C25H21F6N7O3. The van der Waals surface area contributed by atoms with Gasteiger partial charge in [0.15, 0.2) is 11.5 Å². The van der Waals surface area contributed by atoms with Gasteiger partial charge in [-0.1, -0.05) is 0 Å². The van der Waals surface area contributed by atoms with Crippen LogP contribution in [0.3, 0.4) is 0 Å². The lowest BCUT2D eigenvalue weighted by molar-refractivity contribution is -0.141. The number of oxazole rings is 1. The second kappa shape index (κ2) is 10.5. The van der Waals surface area contributed by atoms with Crippen molar-refractivity contribution in [2.24, 2.45) is 5.73 Å². The lowest BCUT2D eigenvalue weighted by Gasteiger charge is -2.34. The number of nitrogens with two attached hydrogens (primary N) is 1. The smallest absolute Gasteiger partial charge is 0.433 e. The predicted octanol–water partition coefficient (Wildman–Crippen LogP) is 4.15. The molecule has 1 aromatic carbocycles. The van der Waals surface area contributed by atoms with Crippen molar-refractivity contribution in [3.05, 3.63) is 59.4 Å². The van der Waals surface area contributed by atoms with Crippen molar-refractivity contribution in [3.8, 4) is 17.2 Å². The zero-order valence-electron chi connectivity index (χ0n) is 21.3. The van der Waals surface area contributed by atoms with Crippen LogP contribution in [0.1, 0.15) is 27.6 Å². The van der Waals surface area contributed by atoms with E-state index in [0.29, 0.717) is 0 Å². The van der Waals surface area contributed by atoms with Gasteiger partial charge in [-0.25, -0.2) is 19.9 Å². The van der Waals surface area contributed by atoms with Gasteiger partial charge in [0.1, 0.15) is 22.7 Å². The number of aromatic nitrogens is 4. The molecule has 3 aromatic heterocycles. The second-order valence-electron chi connectivity index (χ2n) is 8.92. The zero-order chi connectivity index (χ0) is 29.5. The number of piperazine rings is 1. The SMILES string of the molecule is COc1ccc(-c2nc(C(=O)N3CCN(c4nccc(C(F)(F)F)n4)CC3)c(CN)o2)c2ccc(C(F)(F)F)nc12. The Morgan fingerprint density at radius 3 is 2.27 bits per heavy atom. The molecule has 0 unspecified atom stereocenters. The number of pyridine rings is 1. The molecule has 0 radical (unpaired) electrons. The molecule has 41 heavy (non-hydrogen) atoms. The van der Waals surface area contributed by atoms with Gasteiger partial charge in [0.2, 0.25) is 11.8 Å². The molecule has 1 aliphatic rings. The highest BCUT2D eigenvalue weighted by atomic mass is 19.4. The number of amides is 1. The quantitative estimate of drug-likeness (QED) is 0.346. The minimum Gasteiger partial charge on any atom is -0.494 e. The summed E-state index contributed by atoms with van der Waals surface area (Å²) in [5.74, 6) is -0.539. The maximum atomic E-state index is 13.4. The Labute approximate surface area is 227 Å².